The molecule has 0 fully saturated rings. The van der Waals surface area contributed by atoms with Gasteiger partial charge < -0.3 is 14.5 Å². The first-order valence-electron chi connectivity index (χ1n) is 10.2. The summed E-state index contributed by atoms with van der Waals surface area (Å²) in [4.78, 5) is 16.6. The second-order valence-electron chi connectivity index (χ2n) is 7.35. The maximum Gasteiger partial charge on any atom is 0.246 e. The van der Waals surface area contributed by atoms with E-state index < -0.39 is 0 Å². The molecule has 2 heterocycles. The van der Waals surface area contributed by atoms with Crippen LogP contribution in [0.1, 0.15) is 12.5 Å². The number of hydrogen-bond donors (Lipinski definition) is 0. The van der Waals surface area contributed by atoms with Crippen molar-refractivity contribution in [2.24, 2.45) is 0 Å². The number of carbonyl (C=O) groups excluding carboxylic acids is 1. The van der Waals surface area contributed by atoms with E-state index in [0.717, 1.165) is 35.8 Å². The zero-order valence-corrected chi connectivity index (χ0v) is 17.3. The molecule has 0 saturated carbocycles. The maximum atomic E-state index is 12.6. The Morgan fingerprint density at radius 3 is 2.77 bits per heavy atom. The summed E-state index contributed by atoms with van der Waals surface area (Å²) in [6.45, 7) is 4.32. The number of ether oxygens (including phenoxy) is 1. The van der Waals surface area contributed by atoms with Crippen LogP contribution in [-0.2, 0) is 4.79 Å². The number of fused-ring (bicyclic) bond motifs is 1. The number of amides is 1. The van der Waals surface area contributed by atoms with E-state index in [1.54, 1.807) is 35.0 Å². The van der Waals surface area contributed by atoms with Gasteiger partial charge in [0, 0.05) is 31.4 Å². The summed E-state index contributed by atoms with van der Waals surface area (Å²) < 4.78 is 7.92. The van der Waals surface area contributed by atoms with E-state index >= 15 is 0 Å². The van der Waals surface area contributed by atoms with Gasteiger partial charge in [0.15, 0.2) is 0 Å². The van der Waals surface area contributed by atoms with E-state index in [9.17, 15) is 4.79 Å². The van der Waals surface area contributed by atoms with Gasteiger partial charge in [-0.25, -0.2) is 4.68 Å². The van der Waals surface area contributed by atoms with Crippen molar-refractivity contribution in [2.45, 2.75) is 13.0 Å². The van der Waals surface area contributed by atoms with Gasteiger partial charge in [-0.1, -0.05) is 30.3 Å². The highest BCUT2D eigenvalue weighted by Gasteiger charge is 2.26. The monoisotopic (exact) mass is 402 g/mol. The molecule has 0 bridgehead atoms. The van der Waals surface area contributed by atoms with Crippen molar-refractivity contribution >= 4 is 17.7 Å². The fourth-order valence-electron chi connectivity index (χ4n) is 3.61. The first-order chi connectivity index (χ1) is 14.6. The number of nitrogens with zero attached hydrogens (tertiary/aromatic N) is 4. The second-order valence-corrected chi connectivity index (χ2v) is 7.35. The highest BCUT2D eigenvalue weighted by Crippen LogP contribution is 2.32. The molecule has 1 atom stereocenters. The SMILES string of the molecule is CCN1C[C@@H](CN(C)C(=O)/C=C/c2cnn(-c3ccccc3)c2)Oc2ccccc21. The molecular weight excluding hydrogens is 376 g/mol. The van der Waals surface area contributed by atoms with Crippen LogP contribution in [0, 0.1) is 0 Å². The standard InChI is InChI=1S/C24H26N4O2/c1-3-27-18-21(30-23-12-8-7-11-22(23)27)17-26(2)24(29)14-13-19-15-25-28(16-19)20-9-5-4-6-10-20/h4-16,21H,3,17-18H2,1-2H3/b14-13+/t21-/m1/s1. The molecule has 30 heavy (non-hydrogen) atoms. The minimum Gasteiger partial charge on any atom is -0.485 e. The molecule has 2 aromatic carbocycles. The molecule has 0 radical (unpaired) electrons. The number of rotatable bonds is 6. The molecule has 0 N–H and O–H groups in total. The van der Waals surface area contributed by atoms with E-state index in [0.29, 0.717) is 6.54 Å². The number of carbonyl (C=O) groups is 1. The van der Waals surface area contributed by atoms with Crippen LogP contribution in [0.25, 0.3) is 11.8 Å². The van der Waals surface area contributed by atoms with E-state index in [-0.39, 0.29) is 12.0 Å². The number of anilines is 1. The van der Waals surface area contributed by atoms with E-state index in [1.165, 1.54) is 0 Å². The number of benzene rings is 2. The second kappa shape index (κ2) is 8.86. The lowest BCUT2D eigenvalue weighted by atomic mass is 10.2. The van der Waals surface area contributed by atoms with Gasteiger partial charge in [-0.3, -0.25) is 4.79 Å². The first-order valence-corrected chi connectivity index (χ1v) is 10.2. The molecule has 154 valence electrons. The van der Waals surface area contributed by atoms with Crippen LogP contribution < -0.4 is 9.64 Å². The highest BCUT2D eigenvalue weighted by molar-refractivity contribution is 5.91. The molecule has 1 aliphatic heterocycles. The van der Waals surface area contributed by atoms with Crippen LogP contribution in [0.15, 0.2) is 73.1 Å². The van der Waals surface area contributed by atoms with Crippen molar-refractivity contribution in [3.63, 3.8) is 0 Å². The molecule has 6 heteroatoms. The Morgan fingerprint density at radius 2 is 1.97 bits per heavy atom. The summed E-state index contributed by atoms with van der Waals surface area (Å²) in [7, 11) is 1.81. The molecule has 4 rings (SSSR count). The Kier molecular flexibility index (Phi) is 5.84. The summed E-state index contributed by atoms with van der Waals surface area (Å²) >= 11 is 0. The van der Waals surface area contributed by atoms with Gasteiger partial charge in [-0.2, -0.15) is 5.10 Å². The molecule has 0 saturated heterocycles. The number of hydrogen-bond acceptors (Lipinski definition) is 4. The third kappa shape index (κ3) is 4.38. The topological polar surface area (TPSA) is 50.6 Å². The highest BCUT2D eigenvalue weighted by atomic mass is 16.5. The molecule has 0 unspecified atom stereocenters. The third-order valence-electron chi connectivity index (χ3n) is 5.20. The molecule has 3 aromatic rings. The van der Waals surface area contributed by atoms with Crippen LogP contribution >= 0.6 is 0 Å². The minimum atomic E-state index is -0.0666. The Balaban J connectivity index is 1.37. The first kappa shape index (κ1) is 19.8. The van der Waals surface area contributed by atoms with Crippen molar-refractivity contribution in [1.82, 2.24) is 14.7 Å². The van der Waals surface area contributed by atoms with E-state index in [2.05, 4.69) is 23.0 Å². The van der Waals surface area contributed by atoms with Crippen LogP contribution in [-0.4, -0.2) is 53.4 Å². The number of para-hydroxylation sites is 3. The van der Waals surface area contributed by atoms with Crippen molar-refractivity contribution in [3.8, 4) is 11.4 Å². The molecule has 1 amide bonds. The average molecular weight is 402 g/mol. The van der Waals surface area contributed by atoms with Gasteiger partial charge in [-0.05, 0) is 37.3 Å². The molecule has 1 aliphatic rings. The Morgan fingerprint density at radius 1 is 1.20 bits per heavy atom. The lowest BCUT2D eigenvalue weighted by Crippen LogP contribution is -2.46. The largest absolute Gasteiger partial charge is 0.485 e. The third-order valence-corrected chi connectivity index (χ3v) is 5.20. The maximum absolute atomic E-state index is 12.6. The fraction of sp³-hybridized carbons (Fsp3) is 0.250. The van der Waals surface area contributed by atoms with Crippen molar-refractivity contribution in [2.75, 3.05) is 31.6 Å². The van der Waals surface area contributed by atoms with Gasteiger partial charge >= 0.3 is 0 Å². The number of aromatic nitrogens is 2. The number of likely N-dealkylation sites (N-methyl/N-ethyl adjacent to an activating group) is 2. The van der Waals surface area contributed by atoms with Crippen LogP contribution in [0.4, 0.5) is 5.69 Å². The van der Waals surface area contributed by atoms with E-state index in [4.69, 9.17) is 4.74 Å². The van der Waals surface area contributed by atoms with Crippen LogP contribution in [0.3, 0.4) is 0 Å². The smallest absolute Gasteiger partial charge is 0.246 e. The summed E-state index contributed by atoms with van der Waals surface area (Å²) in [6.07, 6.45) is 6.96. The van der Waals surface area contributed by atoms with Crippen molar-refractivity contribution < 1.29 is 9.53 Å². The molecule has 1 aromatic heterocycles. The van der Waals surface area contributed by atoms with Gasteiger partial charge in [0.25, 0.3) is 0 Å². The zero-order chi connectivity index (χ0) is 20.9. The predicted molar refractivity (Wildman–Crippen MR) is 119 cm³/mol. The van der Waals surface area contributed by atoms with Gasteiger partial charge in [-0.15, -0.1) is 0 Å². The van der Waals surface area contributed by atoms with Gasteiger partial charge in [0.1, 0.15) is 11.9 Å². The fourth-order valence-corrected chi connectivity index (χ4v) is 3.61. The Bertz CT molecular complexity index is 1030. The van der Waals surface area contributed by atoms with E-state index in [1.807, 2.05) is 54.7 Å². The predicted octanol–water partition coefficient (Wildman–Crippen LogP) is 3.63. The Labute approximate surface area is 177 Å². The van der Waals surface area contributed by atoms with Crippen molar-refractivity contribution in [1.29, 1.82) is 0 Å². The lowest BCUT2D eigenvalue weighted by molar-refractivity contribution is -0.125. The van der Waals surface area contributed by atoms with Gasteiger partial charge in [0.05, 0.1) is 30.7 Å². The molecule has 0 spiro atoms. The lowest BCUT2D eigenvalue weighted by Gasteiger charge is -2.37. The zero-order valence-electron chi connectivity index (χ0n) is 17.3. The minimum absolute atomic E-state index is 0.0621. The summed E-state index contributed by atoms with van der Waals surface area (Å²) in [5.74, 6) is 0.813. The summed E-state index contributed by atoms with van der Waals surface area (Å²) in [5.41, 5.74) is 2.97. The molecule has 6 nitrogen and oxygen atoms in total. The normalized spacial score (nSPS) is 15.7. The average Bonchev–Trinajstić information content (AvgIpc) is 3.26. The molecular formula is C24H26N4O2. The Hall–Kier alpha value is -3.54. The van der Waals surface area contributed by atoms with Crippen LogP contribution in [0.2, 0.25) is 0 Å². The summed E-state index contributed by atoms with van der Waals surface area (Å²) in [5, 5.41) is 4.36. The summed E-state index contributed by atoms with van der Waals surface area (Å²) in [6, 6.07) is 17.9. The molecule has 0 aliphatic carbocycles. The van der Waals surface area contributed by atoms with Crippen molar-refractivity contribution in [3.05, 3.63) is 78.6 Å². The van der Waals surface area contributed by atoms with Crippen LogP contribution in [0.5, 0.6) is 5.75 Å². The quantitative estimate of drug-likeness (QED) is 0.591. The van der Waals surface area contributed by atoms with Gasteiger partial charge in [0.2, 0.25) is 5.91 Å².